The van der Waals surface area contributed by atoms with E-state index in [4.69, 9.17) is 18.9 Å². The summed E-state index contributed by atoms with van der Waals surface area (Å²) in [5.74, 6) is 4.29. The van der Waals surface area contributed by atoms with Gasteiger partial charge in [-0.25, -0.2) is 0 Å². The second-order valence-electron chi connectivity index (χ2n) is 12.0. The highest BCUT2D eigenvalue weighted by Crippen LogP contribution is 2.65. The van der Waals surface area contributed by atoms with E-state index in [1.807, 2.05) is 31.2 Å². The Morgan fingerprint density at radius 3 is 2.34 bits per heavy atom. The predicted molar refractivity (Wildman–Crippen MR) is 151 cm³/mol. The maximum Gasteiger partial charge on any atom is 0.204 e. The number of aliphatic hydroxyl groups is 1. The van der Waals surface area contributed by atoms with Gasteiger partial charge in [0.15, 0.2) is 11.5 Å². The summed E-state index contributed by atoms with van der Waals surface area (Å²) in [6.07, 6.45) is 7.08. The smallest absolute Gasteiger partial charge is 0.204 e. The Morgan fingerprint density at radius 1 is 1.00 bits per heavy atom. The van der Waals surface area contributed by atoms with Crippen molar-refractivity contribution in [2.45, 2.75) is 64.4 Å². The summed E-state index contributed by atoms with van der Waals surface area (Å²) < 4.78 is 24.2. The molecule has 0 bridgehead atoms. The Hall–Kier alpha value is -2.92. The van der Waals surface area contributed by atoms with Gasteiger partial charge in [0.2, 0.25) is 5.75 Å². The standard InChI is InChI=1S/C33H42O5/c1-20(2)22-13-15-32(3)24(14-16-33(4,34)28(32)17-22)23-18-25(21-11-9-8-10-12-21)38-31-29(23)26(35-5)19-27(36-6)30(31)37-7/h8-12,18-19,22-24,28,34H,1,13-17H2,2-7H3/t22-,23+,24+,28-,32+,33-/m1/s1. The minimum absolute atomic E-state index is 0.0219. The Kier molecular flexibility index (Phi) is 7.02. The SMILES string of the molecule is C=C(C)[C@@H]1CC[C@]2(C)[C@@H](C1)[C@](C)(O)CC[C@H]2[C@@H]1C=C(c2ccccc2)Oc2c(OC)c(OC)cc(OC)c21. The molecule has 5 nitrogen and oxygen atoms in total. The molecule has 38 heavy (non-hydrogen) atoms. The van der Waals surface area contributed by atoms with Crippen LogP contribution in [0.2, 0.25) is 0 Å². The van der Waals surface area contributed by atoms with Gasteiger partial charge in [0, 0.05) is 23.1 Å². The summed E-state index contributed by atoms with van der Waals surface area (Å²) in [6, 6.07) is 12.1. The fourth-order valence-corrected chi connectivity index (χ4v) is 7.73. The Balaban J connectivity index is 1.70. The number of hydrogen-bond donors (Lipinski definition) is 1. The van der Waals surface area contributed by atoms with Crippen molar-refractivity contribution in [2.75, 3.05) is 21.3 Å². The summed E-state index contributed by atoms with van der Waals surface area (Å²) in [6.45, 7) is 10.9. The first-order valence-corrected chi connectivity index (χ1v) is 13.8. The average Bonchev–Trinajstić information content (AvgIpc) is 2.91. The van der Waals surface area contributed by atoms with Crippen LogP contribution in [0.1, 0.15) is 69.9 Å². The quantitative estimate of drug-likeness (QED) is 0.404. The van der Waals surface area contributed by atoms with E-state index in [0.29, 0.717) is 23.2 Å². The maximum atomic E-state index is 11.7. The van der Waals surface area contributed by atoms with Gasteiger partial charge < -0.3 is 24.1 Å². The minimum atomic E-state index is -0.707. The molecule has 5 heteroatoms. The molecule has 6 atom stereocenters. The maximum absolute atomic E-state index is 11.7. The van der Waals surface area contributed by atoms with Crippen LogP contribution < -0.4 is 18.9 Å². The van der Waals surface area contributed by atoms with Crippen molar-refractivity contribution in [1.29, 1.82) is 0 Å². The van der Waals surface area contributed by atoms with E-state index in [1.54, 1.807) is 21.3 Å². The molecule has 1 heterocycles. The van der Waals surface area contributed by atoms with E-state index >= 15 is 0 Å². The third kappa shape index (κ3) is 4.29. The molecular formula is C33H42O5. The molecule has 2 fully saturated rings. The number of methoxy groups -OCH3 is 3. The van der Waals surface area contributed by atoms with Crippen LogP contribution in [0.25, 0.3) is 5.76 Å². The number of allylic oxidation sites excluding steroid dienone is 2. The largest absolute Gasteiger partial charge is 0.496 e. The predicted octanol–water partition coefficient (Wildman–Crippen LogP) is 7.39. The minimum Gasteiger partial charge on any atom is -0.496 e. The molecule has 1 N–H and O–H groups in total. The fourth-order valence-electron chi connectivity index (χ4n) is 7.73. The molecule has 0 spiro atoms. The Labute approximate surface area is 227 Å². The van der Waals surface area contributed by atoms with Crippen LogP contribution in [-0.2, 0) is 0 Å². The highest BCUT2D eigenvalue weighted by Gasteiger charge is 2.57. The zero-order chi connectivity index (χ0) is 27.2. The summed E-state index contributed by atoms with van der Waals surface area (Å²) in [5.41, 5.74) is 2.47. The number of fused-ring (bicyclic) bond motifs is 2. The normalized spacial score (nSPS) is 32.2. The van der Waals surface area contributed by atoms with E-state index in [1.165, 1.54) is 5.57 Å². The second kappa shape index (κ2) is 10.00. The molecular weight excluding hydrogens is 476 g/mol. The van der Waals surface area contributed by atoms with Gasteiger partial charge in [-0.3, -0.25) is 0 Å². The molecule has 2 aromatic rings. The summed E-state index contributed by atoms with van der Waals surface area (Å²) >= 11 is 0. The first kappa shape index (κ1) is 26.7. The van der Waals surface area contributed by atoms with Crippen molar-refractivity contribution in [3.05, 3.63) is 65.8 Å². The average molecular weight is 519 g/mol. The van der Waals surface area contributed by atoms with Crippen molar-refractivity contribution in [3.63, 3.8) is 0 Å². The van der Waals surface area contributed by atoms with E-state index in [-0.39, 0.29) is 23.2 Å². The molecule has 0 unspecified atom stereocenters. The summed E-state index contributed by atoms with van der Waals surface area (Å²) in [7, 11) is 4.98. The van der Waals surface area contributed by atoms with Crippen molar-refractivity contribution < 1.29 is 24.1 Å². The highest BCUT2D eigenvalue weighted by atomic mass is 16.5. The Bertz CT molecular complexity index is 1230. The number of rotatable bonds is 6. The second-order valence-corrected chi connectivity index (χ2v) is 12.0. The lowest BCUT2D eigenvalue weighted by molar-refractivity contribution is -0.150. The van der Waals surface area contributed by atoms with Crippen molar-refractivity contribution in [1.82, 2.24) is 0 Å². The van der Waals surface area contributed by atoms with Crippen molar-refractivity contribution in [2.24, 2.45) is 23.2 Å². The van der Waals surface area contributed by atoms with E-state index in [0.717, 1.165) is 54.7 Å². The molecule has 204 valence electrons. The van der Waals surface area contributed by atoms with Crippen LogP contribution in [0.5, 0.6) is 23.0 Å². The molecule has 2 saturated carbocycles. The van der Waals surface area contributed by atoms with Gasteiger partial charge in [-0.15, -0.1) is 0 Å². The third-order valence-electron chi connectivity index (χ3n) is 9.82. The van der Waals surface area contributed by atoms with Crippen LogP contribution >= 0.6 is 0 Å². The number of hydrogen-bond acceptors (Lipinski definition) is 5. The zero-order valence-corrected chi connectivity index (χ0v) is 23.7. The summed E-state index contributed by atoms with van der Waals surface area (Å²) in [4.78, 5) is 0. The molecule has 5 rings (SSSR count). The van der Waals surface area contributed by atoms with Gasteiger partial charge in [0.05, 0.1) is 26.9 Å². The Morgan fingerprint density at radius 2 is 1.71 bits per heavy atom. The van der Waals surface area contributed by atoms with Crippen LogP contribution in [0.3, 0.4) is 0 Å². The molecule has 0 radical (unpaired) electrons. The van der Waals surface area contributed by atoms with E-state index < -0.39 is 5.60 Å². The van der Waals surface area contributed by atoms with E-state index in [9.17, 15) is 5.11 Å². The topological polar surface area (TPSA) is 57.2 Å². The van der Waals surface area contributed by atoms with Crippen LogP contribution in [0, 0.1) is 23.2 Å². The summed E-state index contributed by atoms with van der Waals surface area (Å²) in [5, 5.41) is 11.7. The molecule has 3 aliphatic rings. The molecule has 1 aliphatic heterocycles. The van der Waals surface area contributed by atoms with Gasteiger partial charge in [-0.05, 0) is 75.2 Å². The number of ether oxygens (including phenoxy) is 4. The van der Waals surface area contributed by atoms with Crippen LogP contribution in [0.15, 0.2) is 54.6 Å². The first-order chi connectivity index (χ1) is 18.1. The molecule has 2 aromatic carbocycles. The van der Waals surface area contributed by atoms with Gasteiger partial charge in [-0.1, -0.05) is 49.4 Å². The van der Waals surface area contributed by atoms with Crippen molar-refractivity contribution in [3.8, 4) is 23.0 Å². The van der Waals surface area contributed by atoms with Gasteiger partial charge in [-0.2, -0.15) is 0 Å². The molecule has 0 aromatic heterocycles. The number of benzene rings is 2. The molecule has 0 saturated heterocycles. The monoisotopic (exact) mass is 518 g/mol. The fraction of sp³-hybridized carbons (Fsp3) is 0.515. The zero-order valence-electron chi connectivity index (χ0n) is 23.7. The molecule has 2 aliphatic carbocycles. The van der Waals surface area contributed by atoms with Gasteiger partial charge in [0.1, 0.15) is 11.5 Å². The van der Waals surface area contributed by atoms with Crippen LogP contribution in [0.4, 0.5) is 0 Å². The van der Waals surface area contributed by atoms with Gasteiger partial charge in [0.25, 0.3) is 0 Å². The van der Waals surface area contributed by atoms with Crippen LogP contribution in [-0.4, -0.2) is 32.0 Å². The van der Waals surface area contributed by atoms with E-state index in [2.05, 4.69) is 38.6 Å². The lowest BCUT2D eigenvalue weighted by Gasteiger charge is -2.59. The lowest BCUT2D eigenvalue weighted by Crippen LogP contribution is -2.56. The van der Waals surface area contributed by atoms with Crippen molar-refractivity contribution >= 4 is 5.76 Å². The first-order valence-electron chi connectivity index (χ1n) is 13.8. The van der Waals surface area contributed by atoms with Gasteiger partial charge >= 0.3 is 0 Å². The molecule has 0 amide bonds. The lowest BCUT2D eigenvalue weighted by atomic mass is 9.47. The highest BCUT2D eigenvalue weighted by molar-refractivity contribution is 5.73. The third-order valence-corrected chi connectivity index (χ3v) is 9.82.